The number of hydrogen-bond acceptors (Lipinski definition) is 16. The minimum Gasteiger partial charge on any atom is -0.481 e. The van der Waals surface area contributed by atoms with Crippen LogP contribution >= 0.6 is 12.6 Å². The second kappa shape index (κ2) is 38.8. The first-order chi connectivity index (χ1) is 43.3. The van der Waals surface area contributed by atoms with Gasteiger partial charge in [0.1, 0.15) is 5.78 Å². The van der Waals surface area contributed by atoms with Gasteiger partial charge in [-0.3, -0.25) is 62.9 Å². The van der Waals surface area contributed by atoms with Crippen LogP contribution in [0.4, 0.5) is 0 Å². The Morgan fingerprint density at radius 2 is 1.01 bits per heavy atom. The lowest BCUT2D eigenvalue weighted by Gasteiger charge is -2.29. The van der Waals surface area contributed by atoms with E-state index in [1.54, 1.807) is 81.6 Å². The van der Waals surface area contributed by atoms with Gasteiger partial charge in [0.15, 0.2) is 41.0 Å². The number of fused-ring (bicyclic) bond motifs is 1. The number of nitrogens with one attached hydrogen (secondary N) is 5. The molecular weight excluding hydrogens is 1210 g/mol. The standard InChI is InChI=1S/C63H95N15O13S/c1-35(79)26-38(16-11-23-71-60(65)66)55(86)75-46(19-12-24-72-61(67)68)50(81)30-40(27-37-14-7-6-8-15-37)57(88)77-48(28-41-33-74-45-18-10-9-17-42(41)45)51(82)29-39(21-22-54(64)85)56(87)78-49(34-92)52(83)31-43(36(2)80)58(89)76-47(20-13-25-73-62(69)70)53(84)32-44(59(90)91)63(3,4)5/h6-10,14-15,17-18,33,36,38-40,43-44,46-49,74,80,92H,11-13,16,19-32,34H2,1-5H3,(H2,64,85)(H,75,86)(H,76,89)(H,77,88)(H,78,87)(H,90,91)(H4,65,66,71)(H4,67,68,72)(H4,69,70,73)/t36-,38-,39-,40-,43+,44-,46+,47+,48+,49+/m1/s1. The molecule has 3 rings (SSSR count). The summed E-state index contributed by atoms with van der Waals surface area (Å²) in [5.74, 6) is -15.2. The Kier molecular flexibility index (Phi) is 32.7. The fourth-order valence-electron chi connectivity index (χ4n) is 10.5. The summed E-state index contributed by atoms with van der Waals surface area (Å²) in [7, 11) is 0. The lowest BCUT2D eigenvalue weighted by atomic mass is 9.77. The van der Waals surface area contributed by atoms with Crippen molar-refractivity contribution in [2.24, 2.45) is 90.1 Å². The highest BCUT2D eigenvalue weighted by atomic mass is 32.1. The van der Waals surface area contributed by atoms with E-state index < -0.39 is 156 Å². The summed E-state index contributed by atoms with van der Waals surface area (Å²) in [5.41, 5.74) is 39.7. The Labute approximate surface area is 541 Å². The van der Waals surface area contributed by atoms with Gasteiger partial charge in [-0.15, -0.1) is 0 Å². The van der Waals surface area contributed by atoms with E-state index in [0.717, 1.165) is 0 Å². The van der Waals surface area contributed by atoms with Crippen molar-refractivity contribution in [2.45, 2.75) is 161 Å². The van der Waals surface area contributed by atoms with Crippen LogP contribution in [0.15, 0.2) is 75.8 Å². The lowest BCUT2D eigenvalue weighted by Crippen LogP contribution is -2.50. The first kappa shape index (κ1) is 77.5. The number of primary amides is 1. The molecule has 3 aromatic rings. The van der Waals surface area contributed by atoms with Gasteiger partial charge in [0, 0.05) is 105 Å². The van der Waals surface area contributed by atoms with E-state index in [9.17, 15) is 53.4 Å². The van der Waals surface area contributed by atoms with Crippen LogP contribution < -0.4 is 61.4 Å². The summed E-state index contributed by atoms with van der Waals surface area (Å²) < 4.78 is 0. The van der Waals surface area contributed by atoms with Crippen molar-refractivity contribution in [1.29, 1.82) is 0 Å². The number of aromatic nitrogens is 1. The van der Waals surface area contributed by atoms with Crippen molar-refractivity contribution in [3.8, 4) is 0 Å². The average molecular weight is 1300 g/mol. The lowest BCUT2D eigenvalue weighted by molar-refractivity contribution is -0.148. The second-order valence-corrected chi connectivity index (χ2v) is 24.7. The largest absolute Gasteiger partial charge is 0.481 e. The summed E-state index contributed by atoms with van der Waals surface area (Å²) in [5, 5.41) is 32.5. The minimum absolute atomic E-state index is 0.0244. The molecule has 92 heavy (non-hydrogen) atoms. The third-order valence-electron chi connectivity index (χ3n) is 15.7. The molecule has 5 amide bonds. The zero-order chi connectivity index (χ0) is 68.8. The number of Topliss-reactive ketones (excluding diaryl/α,β-unsaturated/α-hetero) is 5. The van der Waals surface area contributed by atoms with Crippen molar-refractivity contribution in [3.05, 3.63) is 71.9 Å². The maximum absolute atomic E-state index is 15.0. The first-order valence-corrected chi connectivity index (χ1v) is 31.3. The van der Waals surface area contributed by atoms with Crippen molar-refractivity contribution in [3.63, 3.8) is 0 Å². The zero-order valence-electron chi connectivity index (χ0n) is 53.2. The van der Waals surface area contributed by atoms with E-state index in [2.05, 4.69) is 53.9 Å². The third-order valence-corrected chi connectivity index (χ3v) is 16.1. The molecule has 0 radical (unpaired) electrons. The van der Waals surface area contributed by atoms with E-state index in [-0.39, 0.29) is 107 Å². The van der Waals surface area contributed by atoms with Gasteiger partial charge in [-0.25, -0.2) is 0 Å². The number of benzene rings is 2. The number of aliphatic hydroxyl groups excluding tert-OH is 1. The number of rotatable bonds is 44. The Morgan fingerprint density at radius 1 is 0.554 bits per heavy atom. The third kappa shape index (κ3) is 27.8. The van der Waals surface area contributed by atoms with Gasteiger partial charge in [-0.1, -0.05) is 69.3 Å². The SMILES string of the molecule is CC(=O)C[C@@H](CCCN=C(N)N)C(=O)N[C@@H](CCCN=C(N)N)C(=O)C[C@@H](Cc1ccccc1)C(=O)N[C@@H](Cc1c[nH]c2ccccc12)C(=O)C[C@@H](CCC(N)=O)C(=O)N[C@@H](CS)C(=O)C[C@H](C(=O)N[C@@H](CCCN=C(N)N)C(=O)C[C@H](C(=O)O)C(C)(C)C)[C@@H](C)O. The number of para-hydroxylation sites is 1. The van der Waals surface area contributed by atoms with Crippen LogP contribution in [0, 0.1) is 35.0 Å². The quantitative estimate of drug-likeness (QED) is 0.0160. The molecule has 1 aromatic heterocycles. The molecule has 29 heteroatoms. The van der Waals surface area contributed by atoms with Crippen molar-refractivity contribution in [2.75, 3.05) is 25.4 Å². The number of aliphatic hydroxyl groups is 1. The van der Waals surface area contributed by atoms with Crippen molar-refractivity contribution in [1.82, 2.24) is 26.3 Å². The number of nitrogens with two attached hydrogens (primary N) is 7. The molecule has 28 nitrogen and oxygen atoms in total. The van der Waals surface area contributed by atoms with E-state index in [0.29, 0.717) is 28.5 Å². The molecule has 0 aliphatic rings. The molecule has 0 saturated heterocycles. The van der Waals surface area contributed by atoms with E-state index in [1.165, 1.54) is 13.8 Å². The van der Waals surface area contributed by atoms with Crippen LogP contribution in [-0.2, 0) is 65.6 Å². The van der Waals surface area contributed by atoms with Crippen LogP contribution in [0.1, 0.15) is 129 Å². The van der Waals surface area contributed by atoms with Crippen LogP contribution in [0.2, 0.25) is 0 Å². The number of aliphatic carboxylic acids is 1. The minimum atomic E-state index is -1.51. The number of carbonyl (C=O) groups is 11. The summed E-state index contributed by atoms with van der Waals surface area (Å²) >= 11 is 4.33. The first-order valence-electron chi connectivity index (χ1n) is 30.7. The average Bonchev–Trinajstić information content (AvgIpc) is 1.64. The van der Waals surface area contributed by atoms with Crippen molar-refractivity contribution < 1.29 is 63.0 Å². The van der Waals surface area contributed by atoms with Crippen LogP contribution in [0.5, 0.6) is 0 Å². The van der Waals surface area contributed by atoms with Gasteiger partial charge in [0.25, 0.3) is 0 Å². The summed E-state index contributed by atoms with van der Waals surface area (Å²) in [6, 6.07) is 10.6. The Hall–Kier alpha value is -8.73. The zero-order valence-corrected chi connectivity index (χ0v) is 54.1. The summed E-state index contributed by atoms with van der Waals surface area (Å²) in [6.07, 6.45) is -2.24. The second-order valence-electron chi connectivity index (χ2n) is 24.3. The number of carboxylic acids is 1. The molecule has 10 atom stereocenters. The maximum atomic E-state index is 15.0. The molecule has 1 heterocycles. The number of thiol groups is 1. The number of ketones is 5. The Bertz CT molecular complexity index is 3100. The number of hydrogen-bond donors (Lipinski definition) is 15. The summed E-state index contributed by atoms with van der Waals surface area (Å²) in [4.78, 5) is 167. The number of aliphatic imine (C=N–C) groups is 3. The molecule has 506 valence electrons. The van der Waals surface area contributed by atoms with Crippen LogP contribution in [0.25, 0.3) is 10.9 Å². The molecule has 0 fully saturated rings. The number of nitrogens with zero attached hydrogens (tertiary/aromatic N) is 3. The molecule has 0 spiro atoms. The van der Waals surface area contributed by atoms with E-state index >= 15 is 9.59 Å². The van der Waals surface area contributed by atoms with Gasteiger partial charge in [-0.2, -0.15) is 12.6 Å². The topological polar surface area (TPSA) is 511 Å². The number of carbonyl (C=O) groups excluding carboxylic acids is 10. The monoisotopic (exact) mass is 1300 g/mol. The molecule has 0 aliphatic carbocycles. The number of H-pyrrole nitrogens is 1. The molecule has 0 bridgehead atoms. The Balaban J connectivity index is 2.03. The van der Waals surface area contributed by atoms with E-state index in [4.69, 9.17) is 40.1 Å². The Morgan fingerprint density at radius 3 is 1.52 bits per heavy atom. The molecule has 21 N–H and O–H groups in total. The highest BCUT2D eigenvalue weighted by Crippen LogP contribution is 2.30. The molecule has 2 aromatic carbocycles. The number of amides is 5. The number of aromatic amines is 1. The predicted molar refractivity (Wildman–Crippen MR) is 352 cm³/mol. The van der Waals surface area contributed by atoms with Crippen LogP contribution in [-0.4, -0.2) is 153 Å². The van der Waals surface area contributed by atoms with Gasteiger partial charge in [0.2, 0.25) is 29.5 Å². The number of guanidine groups is 3. The predicted octanol–water partition coefficient (Wildman–Crippen LogP) is 0.657. The van der Waals surface area contributed by atoms with Gasteiger partial charge >= 0.3 is 5.97 Å². The molecule has 0 aliphatic heterocycles. The normalized spacial score (nSPS) is 14.6. The van der Waals surface area contributed by atoms with E-state index in [1.807, 2.05) is 0 Å². The smallest absolute Gasteiger partial charge is 0.307 e. The van der Waals surface area contributed by atoms with Gasteiger partial charge in [0.05, 0.1) is 42.1 Å². The maximum Gasteiger partial charge on any atom is 0.307 e. The van der Waals surface area contributed by atoms with Crippen LogP contribution in [0.3, 0.4) is 0 Å². The van der Waals surface area contributed by atoms with Gasteiger partial charge < -0.3 is 81.4 Å². The highest BCUT2D eigenvalue weighted by Gasteiger charge is 2.39. The number of carboxylic acid groups (broad SMARTS) is 1. The fraction of sp³-hybridized carbons (Fsp3) is 0.556. The fourth-order valence-corrected chi connectivity index (χ4v) is 10.8. The molecule has 0 saturated carbocycles. The summed E-state index contributed by atoms with van der Waals surface area (Å²) in [6.45, 7) is 7.85. The van der Waals surface area contributed by atoms with Crippen molar-refractivity contribution >= 4 is 106 Å². The highest BCUT2D eigenvalue weighted by molar-refractivity contribution is 7.80. The van der Waals surface area contributed by atoms with Gasteiger partial charge in [-0.05, 0) is 87.8 Å². The molecule has 0 unspecified atom stereocenters. The molecular formula is C63H95N15O13S.